The maximum absolute atomic E-state index is 13.1. The molecule has 1 aliphatic rings. The first kappa shape index (κ1) is 21.7. The van der Waals surface area contributed by atoms with Gasteiger partial charge in [-0.3, -0.25) is 14.3 Å². The number of carbonyl (C=O) groups excluding carboxylic acids is 2. The average molecular weight is 408 g/mol. The molecular weight excluding hydrogens is 382 g/mol. The number of ether oxygens (including phenoxy) is 1. The quantitative estimate of drug-likeness (QED) is 0.757. The van der Waals surface area contributed by atoms with E-state index in [9.17, 15) is 9.59 Å². The average Bonchev–Trinajstić information content (AvgIpc) is 3.23. The smallest absolute Gasteiger partial charge is 0.259 e. The second kappa shape index (κ2) is 9.57. The molecule has 0 unspecified atom stereocenters. The van der Waals surface area contributed by atoms with Gasteiger partial charge < -0.3 is 20.3 Å². The summed E-state index contributed by atoms with van der Waals surface area (Å²) in [6.07, 6.45) is 4.88. The van der Waals surface area contributed by atoms with E-state index in [1.165, 1.54) is 4.90 Å². The summed E-state index contributed by atoms with van der Waals surface area (Å²) in [7, 11) is 3.36. The fraction of sp³-hybridized carbons (Fsp3) is 0.421. The van der Waals surface area contributed by atoms with Gasteiger partial charge in [0.2, 0.25) is 0 Å². The number of anilines is 1. The lowest BCUT2D eigenvalue weighted by atomic mass is 9.87. The Labute approximate surface area is 170 Å². The molecule has 152 valence electrons. The van der Waals surface area contributed by atoms with Gasteiger partial charge in [-0.25, -0.2) is 0 Å². The van der Waals surface area contributed by atoms with Gasteiger partial charge in [-0.15, -0.1) is 12.4 Å². The number of amides is 2. The molecule has 1 saturated heterocycles. The van der Waals surface area contributed by atoms with Crippen molar-refractivity contribution in [3.63, 3.8) is 0 Å². The third-order valence-electron chi connectivity index (χ3n) is 4.77. The van der Waals surface area contributed by atoms with E-state index in [1.54, 1.807) is 49.2 Å². The number of nitrogens with one attached hydrogen (secondary N) is 2. The van der Waals surface area contributed by atoms with Crippen molar-refractivity contribution in [2.24, 2.45) is 0 Å². The topological polar surface area (TPSA) is 88.5 Å². The van der Waals surface area contributed by atoms with Crippen LogP contribution in [0.1, 0.15) is 12.8 Å². The molecule has 0 aliphatic carbocycles. The lowest BCUT2D eigenvalue weighted by Gasteiger charge is -2.36. The van der Waals surface area contributed by atoms with Gasteiger partial charge >= 0.3 is 0 Å². The number of piperidine rings is 1. The fourth-order valence-corrected chi connectivity index (χ4v) is 3.08. The predicted molar refractivity (Wildman–Crippen MR) is 109 cm³/mol. The molecule has 0 radical (unpaired) electrons. The van der Waals surface area contributed by atoms with Crippen molar-refractivity contribution in [2.75, 3.05) is 39.1 Å². The number of likely N-dealkylation sites (N-methyl/N-ethyl adjacent to an activating group) is 1. The summed E-state index contributed by atoms with van der Waals surface area (Å²) in [5.74, 6) is 0.385. The molecule has 8 nitrogen and oxygen atoms in total. The number of nitrogens with zero attached hydrogens (tertiary/aromatic N) is 3. The van der Waals surface area contributed by atoms with E-state index in [-0.39, 0.29) is 30.8 Å². The zero-order valence-corrected chi connectivity index (χ0v) is 16.9. The number of rotatable bonds is 6. The minimum absolute atomic E-state index is 0. The van der Waals surface area contributed by atoms with Crippen LogP contribution in [0.2, 0.25) is 0 Å². The van der Waals surface area contributed by atoms with Crippen molar-refractivity contribution >= 4 is 29.9 Å². The van der Waals surface area contributed by atoms with Gasteiger partial charge in [0, 0.05) is 32.2 Å². The lowest BCUT2D eigenvalue weighted by molar-refractivity contribution is -0.130. The lowest BCUT2D eigenvalue weighted by Crippen LogP contribution is -2.52. The van der Waals surface area contributed by atoms with Crippen LogP contribution in [-0.2, 0) is 15.1 Å². The highest BCUT2D eigenvalue weighted by atomic mass is 35.5. The zero-order valence-electron chi connectivity index (χ0n) is 16.1. The third-order valence-corrected chi connectivity index (χ3v) is 4.77. The molecule has 0 saturated carbocycles. The number of aromatic nitrogens is 2. The van der Waals surface area contributed by atoms with Gasteiger partial charge in [-0.2, -0.15) is 5.10 Å². The van der Waals surface area contributed by atoms with Gasteiger partial charge in [-0.05, 0) is 56.3 Å². The Bertz CT molecular complexity index is 771. The highest BCUT2D eigenvalue weighted by Crippen LogP contribution is 2.29. The van der Waals surface area contributed by atoms with Gasteiger partial charge in [0.1, 0.15) is 11.3 Å². The zero-order chi connectivity index (χ0) is 19.3. The Morgan fingerprint density at radius 3 is 2.50 bits per heavy atom. The molecule has 1 aromatic carbocycles. The van der Waals surface area contributed by atoms with Crippen LogP contribution in [-0.4, -0.2) is 60.3 Å². The first-order valence-electron chi connectivity index (χ1n) is 8.96. The van der Waals surface area contributed by atoms with Crippen molar-refractivity contribution in [1.82, 2.24) is 20.0 Å². The fourth-order valence-electron chi connectivity index (χ4n) is 3.08. The molecule has 1 aromatic heterocycles. The van der Waals surface area contributed by atoms with Crippen molar-refractivity contribution in [3.8, 4) is 5.75 Å². The van der Waals surface area contributed by atoms with Gasteiger partial charge in [0.25, 0.3) is 11.8 Å². The largest absolute Gasteiger partial charge is 0.484 e. The molecule has 1 fully saturated rings. The van der Waals surface area contributed by atoms with Crippen LogP contribution in [0.15, 0.2) is 42.7 Å². The van der Waals surface area contributed by atoms with E-state index in [0.717, 1.165) is 13.1 Å². The molecule has 2 N–H and O–H groups in total. The normalized spacial score (nSPS) is 15.2. The summed E-state index contributed by atoms with van der Waals surface area (Å²) in [6, 6.07) is 8.85. The molecule has 0 bridgehead atoms. The van der Waals surface area contributed by atoms with Crippen LogP contribution in [0.5, 0.6) is 5.75 Å². The van der Waals surface area contributed by atoms with E-state index in [0.29, 0.717) is 24.3 Å². The Kier molecular flexibility index (Phi) is 7.42. The van der Waals surface area contributed by atoms with Crippen molar-refractivity contribution in [2.45, 2.75) is 18.4 Å². The van der Waals surface area contributed by atoms with Crippen LogP contribution in [0.3, 0.4) is 0 Å². The number of halogens is 1. The molecule has 28 heavy (non-hydrogen) atoms. The minimum atomic E-state index is -0.692. The Morgan fingerprint density at radius 1 is 1.25 bits per heavy atom. The second-order valence-electron chi connectivity index (χ2n) is 6.79. The number of hydrogen-bond donors (Lipinski definition) is 2. The maximum Gasteiger partial charge on any atom is 0.259 e. The van der Waals surface area contributed by atoms with Crippen LogP contribution >= 0.6 is 12.4 Å². The SMILES string of the molecule is CN(C)C(=O)COc1ccc(NC(=O)C2(n3cccn3)CCNCC2)cc1.Cl. The predicted octanol–water partition coefficient (Wildman–Crippen LogP) is 1.49. The summed E-state index contributed by atoms with van der Waals surface area (Å²) in [5.41, 5.74) is -0.0152. The first-order chi connectivity index (χ1) is 13.0. The second-order valence-corrected chi connectivity index (χ2v) is 6.79. The Hall–Kier alpha value is -2.58. The summed E-state index contributed by atoms with van der Waals surface area (Å²) in [5, 5.41) is 10.6. The Balaban J connectivity index is 0.00000280. The highest BCUT2D eigenvalue weighted by molar-refractivity contribution is 5.96. The van der Waals surface area contributed by atoms with Gasteiger partial charge in [-0.1, -0.05) is 0 Å². The molecule has 9 heteroatoms. The molecule has 2 aromatic rings. The van der Waals surface area contributed by atoms with Crippen LogP contribution in [0.4, 0.5) is 5.69 Å². The molecule has 0 atom stereocenters. The molecule has 2 heterocycles. The number of carbonyl (C=O) groups is 2. The molecule has 2 amide bonds. The summed E-state index contributed by atoms with van der Waals surface area (Å²) < 4.78 is 7.22. The van der Waals surface area contributed by atoms with Crippen LogP contribution in [0, 0.1) is 0 Å². The summed E-state index contributed by atoms with van der Waals surface area (Å²) in [4.78, 5) is 26.1. The van der Waals surface area contributed by atoms with Crippen molar-refractivity contribution in [1.29, 1.82) is 0 Å². The van der Waals surface area contributed by atoms with Gasteiger partial charge in [0.05, 0.1) is 0 Å². The van der Waals surface area contributed by atoms with E-state index in [4.69, 9.17) is 4.74 Å². The van der Waals surface area contributed by atoms with E-state index in [1.807, 2.05) is 12.3 Å². The third kappa shape index (κ3) is 4.82. The molecule has 0 spiro atoms. The van der Waals surface area contributed by atoms with Crippen molar-refractivity contribution in [3.05, 3.63) is 42.7 Å². The van der Waals surface area contributed by atoms with E-state index in [2.05, 4.69) is 15.7 Å². The van der Waals surface area contributed by atoms with Crippen molar-refractivity contribution < 1.29 is 14.3 Å². The van der Waals surface area contributed by atoms with E-state index >= 15 is 0 Å². The van der Waals surface area contributed by atoms with E-state index < -0.39 is 5.54 Å². The standard InChI is InChI=1S/C19H25N5O3.ClH/c1-23(2)17(25)14-27-16-6-4-15(5-7-16)22-18(26)19(8-11-20-12-9-19)24-13-3-10-21-24;/h3-7,10,13,20H,8-9,11-12,14H2,1-2H3,(H,22,26);1H. The van der Waals surface area contributed by atoms with Crippen LogP contribution < -0.4 is 15.4 Å². The van der Waals surface area contributed by atoms with Crippen LogP contribution in [0.25, 0.3) is 0 Å². The Morgan fingerprint density at radius 2 is 1.93 bits per heavy atom. The highest BCUT2D eigenvalue weighted by Gasteiger charge is 2.42. The summed E-state index contributed by atoms with van der Waals surface area (Å²) in [6.45, 7) is 1.51. The number of hydrogen-bond acceptors (Lipinski definition) is 5. The number of benzene rings is 1. The molecule has 3 rings (SSSR count). The molecule has 1 aliphatic heterocycles. The monoisotopic (exact) mass is 407 g/mol. The first-order valence-corrected chi connectivity index (χ1v) is 8.96. The minimum Gasteiger partial charge on any atom is -0.484 e. The summed E-state index contributed by atoms with van der Waals surface area (Å²) >= 11 is 0. The molecular formula is C19H26ClN5O3. The van der Waals surface area contributed by atoms with Gasteiger partial charge in [0.15, 0.2) is 6.61 Å². The maximum atomic E-state index is 13.1.